The predicted molar refractivity (Wildman–Crippen MR) is 38.3 cm³/mol. The Bertz CT molecular complexity index is 151. The summed E-state index contributed by atoms with van der Waals surface area (Å²) in [5.74, 6) is 1.32. The van der Waals surface area contributed by atoms with Crippen molar-refractivity contribution < 1.29 is 18.3 Å². The van der Waals surface area contributed by atoms with Gasteiger partial charge < -0.3 is 9.79 Å². The smallest absolute Gasteiger partial charge is 0.302 e. The molecule has 1 saturated carbocycles. The first-order valence-electron chi connectivity index (χ1n) is 2.95. The summed E-state index contributed by atoms with van der Waals surface area (Å²) in [7, 11) is -4.23. The van der Waals surface area contributed by atoms with Crippen molar-refractivity contribution in [1.29, 1.82) is 0 Å². The topological polar surface area (TPSA) is 66.8 Å². The van der Waals surface area contributed by atoms with E-state index >= 15 is 0 Å². The third-order valence-corrected chi connectivity index (χ3v) is 2.96. The molecule has 0 heterocycles. The lowest BCUT2D eigenvalue weighted by atomic mass is 10.5. The van der Waals surface area contributed by atoms with E-state index in [-0.39, 0.29) is 0 Å². The SMILES string of the molecule is O=P(O)(O)OSCC1CC1. The standard InChI is InChI=1S/C4H9O4PS/c5-9(6,7)8-10-3-4-1-2-4/h4H,1-3H2,(H2,5,6,7). The molecule has 0 aromatic heterocycles. The molecule has 10 heavy (non-hydrogen) atoms. The Labute approximate surface area is 63.4 Å². The summed E-state index contributed by atoms with van der Waals surface area (Å²) in [6.07, 6.45) is 2.33. The molecule has 0 aliphatic heterocycles. The van der Waals surface area contributed by atoms with Crippen LogP contribution >= 0.6 is 19.9 Å². The monoisotopic (exact) mass is 184 g/mol. The van der Waals surface area contributed by atoms with E-state index in [0.717, 1.165) is 24.9 Å². The van der Waals surface area contributed by atoms with Crippen LogP contribution in [0.2, 0.25) is 0 Å². The molecule has 6 heteroatoms. The highest BCUT2D eigenvalue weighted by Gasteiger charge is 2.23. The molecule has 2 N–H and O–H groups in total. The van der Waals surface area contributed by atoms with Crippen molar-refractivity contribution in [3.63, 3.8) is 0 Å². The molecule has 0 aromatic rings. The molecular weight excluding hydrogens is 175 g/mol. The lowest BCUT2D eigenvalue weighted by Gasteiger charge is -2.00. The summed E-state index contributed by atoms with van der Waals surface area (Å²) in [6.45, 7) is 0. The van der Waals surface area contributed by atoms with Crippen molar-refractivity contribution in [2.45, 2.75) is 12.8 Å². The molecular formula is C4H9O4PS. The highest BCUT2D eigenvalue weighted by molar-refractivity contribution is 7.97. The van der Waals surface area contributed by atoms with Gasteiger partial charge in [0, 0.05) is 17.8 Å². The van der Waals surface area contributed by atoms with Gasteiger partial charge in [0.1, 0.15) is 0 Å². The second-order valence-electron chi connectivity index (χ2n) is 2.29. The van der Waals surface area contributed by atoms with Gasteiger partial charge in [-0.15, -0.1) is 0 Å². The summed E-state index contributed by atoms with van der Waals surface area (Å²) in [6, 6.07) is 0. The van der Waals surface area contributed by atoms with E-state index in [1.807, 2.05) is 0 Å². The van der Waals surface area contributed by atoms with Crippen LogP contribution in [0.3, 0.4) is 0 Å². The molecule has 0 spiro atoms. The maximum atomic E-state index is 10.1. The fourth-order valence-corrected chi connectivity index (χ4v) is 1.80. The fourth-order valence-electron chi connectivity index (χ4n) is 0.480. The van der Waals surface area contributed by atoms with E-state index in [1.54, 1.807) is 0 Å². The highest BCUT2D eigenvalue weighted by atomic mass is 32.2. The van der Waals surface area contributed by atoms with Gasteiger partial charge in [-0.05, 0) is 18.8 Å². The van der Waals surface area contributed by atoms with Crippen molar-refractivity contribution in [1.82, 2.24) is 0 Å². The van der Waals surface area contributed by atoms with Gasteiger partial charge in [0.25, 0.3) is 0 Å². The van der Waals surface area contributed by atoms with E-state index in [2.05, 4.69) is 3.97 Å². The molecule has 1 aliphatic carbocycles. The van der Waals surface area contributed by atoms with Gasteiger partial charge >= 0.3 is 7.82 Å². The molecule has 1 rings (SSSR count). The van der Waals surface area contributed by atoms with Crippen LogP contribution in [0, 0.1) is 5.92 Å². The number of phosphoric acid groups is 1. The zero-order valence-electron chi connectivity index (χ0n) is 5.27. The minimum atomic E-state index is -4.23. The maximum Gasteiger partial charge on any atom is 0.480 e. The van der Waals surface area contributed by atoms with Crippen LogP contribution in [-0.2, 0) is 8.54 Å². The second-order valence-corrected chi connectivity index (χ2v) is 4.44. The van der Waals surface area contributed by atoms with Gasteiger partial charge in [0.05, 0.1) is 0 Å². The highest BCUT2D eigenvalue weighted by Crippen LogP contribution is 2.43. The van der Waals surface area contributed by atoms with E-state index < -0.39 is 7.82 Å². The number of hydrogen-bond donors (Lipinski definition) is 2. The van der Waals surface area contributed by atoms with Crippen LogP contribution in [0.4, 0.5) is 0 Å². The maximum absolute atomic E-state index is 10.1. The van der Waals surface area contributed by atoms with Crippen LogP contribution in [0.1, 0.15) is 12.8 Å². The van der Waals surface area contributed by atoms with Gasteiger partial charge in [0.2, 0.25) is 0 Å². The normalized spacial score (nSPS) is 19.4. The molecule has 0 saturated heterocycles. The van der Waals surface area contributed by atoms with Crippen LogP contribution in [0.15, 0.2) is 0 Å². The Balaban J connectivity index is 1.99. The van der Waals surface area contributed by atoms with Gasteiger partial charge in [-0.1, -0.05) is 0 Å². The molecule has 0 atom stereocenters. The van der Waals surface area contributed by atoms with E-state index in [4.69, 9.17) is 9.79 Å². The Kier molecular flexibility index (Phi) is 2.77. The number of hydrogen-bond acceptors (Lipinski definition) is 3. The van der Waals surface area contributed by atoms with Crippen molar-refractivity contribution >= 4 is 19.9 Å². The average Bonchev–Trinajstić information content (AvgIpc) is 2.45. The Morgan fingerprint density at radius 2 is 2.20 bits per heavy atom. The zero-order valence-corrected chi connectivity index (χ0v) is 6.98. The lowest BCUT2D eigenvalue weighted by molar-refractivity contribution is 0.298. The summed E-state index contributed by atoms with van der Waals surface area (Å²) in [5.41, 5.74) is 0. The quantitative estimate of drug-likeness (QED) is 0.506. The first-order chi connectivity index (χ1) is 4.58. The molecule has 0 aromatic carbocycles. The summed E-state index contributed by atoms with van der Waals surface area (Å²) in [4.78, 5) is 16.4. The second kappa shape index (κ2) is 3.24. The summed E-state index contributed by atoms with van der Waals surface area (Å²) in [5, 5.41) is 0. The van der Waals surface area contributed by atoms with Crippen molar-refractivity contribution in [3.05, 3.63) is 0 Å². The third-order valence-electron chi connectivity index (χ3n) is 1.15. The molecule has 1 aliphatic rings. The van der Waals surface area contributed by atoms with Crippen LogP contribution in [0.25, 0.3) is 0 Å². The van der Waals surface area contributed by atoms with E-state index in [1.165, 1.54) is 0 Å². The van der Waals surface area contributed by atoms with E-state index in [0.29, 0.717) is 11.7 Å². The van der Waals surface area contributed by atoms with Crippen LogP contribution in [-0.4, -0.2) is 15.5 Å². The van der Waals surface area contributed by atoms with Gasteiger partial charge in [-0.2, -0.15) is 0 Å². The van der Waals surface area contributed by atoms with Crippen LogP contribution in [0.5, 0.6) is 0 Å². The molecule has 0 unspecified atom stereocenters. The third kappa shape index (κ3) is 4.30. The van der Waals surface area contributed by atoms with Gasteiger partial charge in [-0.25, -0.2) is 8.54 Å². The molecule has 0 bridgehead atoms. The summed E-state index contributed by atoms with van der Waals surface area (Å²) < 4.78 is 14.2. The fraction of sp³-hybridized carbons (Fsp3) is 1.00. The zero-order chi connectivity index (χ0) is 7.61. The Morgan fingerprint density at radius 3 is 2.60 bits per heavy atom. The Hall–Kier alpha value is 0.460. The van der Waals surface area contributed by atoms with Gasteiger partial charge in [-0.3, -0.25) is 0 Å². The van der Waals surface area contributed by atoms with Crippen molar-refractivity contribution in [3.8, 4) is 0 Å². The van der Waals surface area contributed by atoms with Crippen molar-refractivity contribution in [2.75, 3.05) is 5.75 Å². The molecule has 0 radical (unpaired) electrons. The minimum Gasteiger partial charge on any atom is -0.302 e. The summed E-state index contributed by atoms with van der Waals surface area (Å²) >= 11 is 0.868. The number of rotatable bonds is 4. The first-order valence-corrected chi connectivity index (χ1v) is 5.39. The molecule has 0 amide bonds. The minimum absolute atomic E-state index is 0.622. The van der Waals surface area contributed by atoms with Crippen LogP contribution < -0.4 is 0 Å². The predicted octanol–water partition coefficient (Wildman–Crippen LogP) is 1.15. The lowest BCUT2D eigenvalue weighted by Crippen LogP contribution is -1.83. The van der Waals surface area contributed by atoms with Crippen molar-refractivity contribution in [2.24, 2.45) is 5.92 Å². The largest absolute Gasteiger partial charge is 0.480 e. The molecule has 1 fully saturated rings. The van der Waals surface area contributed by atoms with E-state index in [9.17, 15) is 4.57 Å². The molecule has 60 valence electrons. The first kappa shape index (κ1) is 8.56. The molecule has 4 nitrogen and oxygen atoms in total. The van der Waals surface area contributed by atoms with Gasteiger partial charge in [0.15, 0.2) is 0 Å². The average molecular weight is 184 g/mol. The Morgan fingerprint density at radius 1 is 1.60 bits per heavy atom.